The number of hydrogen-bond acceptors (Lipinski definition) is 2. The van der Waals surface area contributed by atoms with E-state index in [1.54, 1.807) is 0 Å². The standard InChI is InChI=1S/C20H20N2O/c1-3-11-22(2)14-18-12-17-13-19(9-10-20(17)21-18)23-15-16-7-5-4-6-8-16/h4-10,12-13,21H,14-15H2,1-2H3. The average molecular weight is 304 g/mol. The van der Waals surface area contributed by atoms with Gasteiger partial charge in [-0.05, 0) is 36.8 Å². The average Bonchev–Trinajstić information content (AvgIpc) is 2.95. The Morgan fingerprint density at radius 1 is 1.09 bits per heavy atom. The molecule has 3 rings (SSSR count). The second-order valence-corrected chi connectivity index (χ2v) is 5.54. The summed E-state index contributed by atoms with van der Waals surface area (Å²) in [5, 5.41) is 1.16. The van der Waals surface area contributed by atoms with E-state index in [2.05, 4.69) is 47.3 Å². The van der Waals surface area contributed by atoms with Crippen molar-refractivity contribution in [2.75, 3.05) is 7.05 Å². The summed E-state index contributed by atoms with van der Waals surface area (Å²) in [4.78, 5) is 5.39. The molecule has 0 aliphatic carbocycles. The smallest absolute Gasteiger partial charge is 0.120 e. The number of ether oxygens (including phenoxy) is 1. The van der Waals surface area contributed by atoms with Crippen molar-refractivity contribution in [2.45, 2.75) is 20.1 Å². The van der Waals surface area contributed by atoms with Gasteiger partial charge < -0.3 is 14.6 Å². The van der Waals surface area contributed by atoms with E-state index in [-0.39, 0.29) is 0 Å². The van der Waals surface area contributed by atoms with Crippen molar-refractivity contribution >= 4 is 10.9 Å². The van der Waals surface area contributed by atoms with Crippen LogP contribution in [0.15, 0.2) is 54.6 Å². The first-order chi connectivity index (χ1) is 11.2. The summed E-state index contributed by atoms with van der Waals surface area (Å²) in [5.74, 6) is 3.79. The summed E-state index contributed by atoms with van der Waals surface area (Å²) >= 11 is 0. The molecule has 0 saturated carbocycles. The summed E-state index contributed by atoms with van der Waals surface area (Å²) in [6.45, 7) is 3.20. The lowest BCUT2D eigenvalue weighted by molar-refractivity contribution is 0.306. The fourth-order valence-corrected chi connectivity index (χ4v) is 2.57. The fraction of sp³-hybridized carbons (Fsp3) is 0.200. The van der Waals surface area contributed by atoms with Gasteiger partial charge in [0.05, 0.1) is 6.54 Å². The minimum Gasteiger partial charge on any atom is -0.489 e. The third-order valence-corrected chi connectivity index (χ3v) is 3.61. The Hall–Kier alpha value is -2.86. The predicted octanol–water partition coefficient (Wildman–Crippen LogP) is 4.16. The van der Waals surface area contributed by atoms with Gasteiger partial charge in [-0.3, -0.25) is 0 Å². The number of fused-ring (bicyclic) bond motifs is 1. The molecule has 0 aliphatic rings. The molecule has 0 fully saturated rings. The Bertz CT molecular complexity index is 840. The van der Waals surface area contributed by atoms with Crippen molar-refractivity contribution in [1.29, 1.82) is 0 Å². The number of nitrogens with one attached hydrogen (secondary N) is 1. The van der Waals surface area contributed by atoms with Crippen molar-refractivity contribution in [3.05, 3.63) is 65.9 Å². The largest absolute Gasteiger partial charge is 0.489 e. The topological polar surface area (TPSA) is 28.3 Å². The number of hydrogen-bond donors (Lipinski definition) is 1. The molecule has 3 nitrogen and oxygen atoms in total. The van der Waals surface area contributed by atoms with Crippen LogP contribution in [0.3, 0.4) is 0 Å². The molecule has 23 heavy (non-hydrogen) atoms. The summed E-state index contributed by atoms with van der Waals surface area (Å²) in [6, 6.07) is 21.5. The molecule has 1 N–H and O–H groups in total. The van der Waals surface area contributed by atoms with Gasteiger partial charge >= 0.3 is 0 Å². The fourth-order valence-electron chi connectivity index (χ4n) is 2.57. The normalized spacial score (nSPS) is 10.2. The lowest BCUT2D eigenvalue weighted by Gasteiger charge is -2.08. The maximum absolute atomic E-state index is 5.88. The van der Waals surface area contributed by atoms with Crippen LogP contribution in [0.1, 0.15) is 18.2 Å². The molecule has 1 heterocycles. The van der Waals surface area contributed by atoms with Crippen LogP contribution in [0.5, 0.6) is 5.75 Å². The molecule has 1 aromatic heterocycles. The first kappa shape index (κ1) is 15.1. The third-order valence-electron chi connectivity index (χ3n) is 3.61. The molecule has 0 bridgehead atoms. The van der Waals surface area contributed by atoms with Gasteiger partial charge in [-0.25, -0.2) is 0 Å². The lowest BCUT2D eigenvalue weighted by Crippen LogP contribution is -2.10. The van der Waals surface area contributed by atoms with Gasteiger partial charge in [0.2, 0.25) is 0 Å². The minimum absolute atomic E-state index is 0.582. The summed E-state index contributed by atoms with van der Waals surface area (Å²) in [6.07, 6.45) is 0. The summed E-state index contributed by atoms with van der Waals surface area (Å²) in [5.41, 5.74) is 3.43. The molecule has 0 unspecified atom stereocenters. The van der Waals surface area contributed by atoms with Crippen LogP contribution in [-0.4, -0.2) is 16.9 Å². The molecule has 0 saturated heterocycles. The van der Waals surface area contributed by atoms with E-state index >= 15 is 0 Å². The molecule has 0 radical (unpaired) electrons. The van der Waals surface area contributed by atoms with Gasteiger partial charge in [0.1, 0.15) is 12.4 Å². The number of aromatic amines is 1. The predicted molar refractivity (Wildman–Crippen MR) is 94.0 cm³/mol. The lowest BCUT2D eigenvalue weighted by atomic mass is 10.2. The van der Waals surface area contributed by atoms with Crippen LogP contribution in [0.25, 0.3) is 10.9 Å². The molecule has 0 aliphatic heterocycles. The first-order valence-electron chi connectivity index (χ1n) is 7.66. The summed E-state index contributed by atoms with van der Waals surface area (Å²) < 4.78 is 5.88. The minimum atomic E-state index is 0.582. The zero-order valence-corrected chi connectivity index (χ0v) is 13.5. The van der Waals surface area contributed by atoms with Crippen LogP contribution in [-0.2, 0) is 13.2 Å². The van der Waals surface area contributed by atoms with Crippen molar-refractivity contribution in [3.63, 3.8) is 0 Å². The molecule has 0 spiro atoms. The molecule has 2 aromatic carbocycles. The van der Waals surface area contributed by atoms with Crippen LogP contribution in [0.4, 0.5) is 0 Å². The van der Waals surface area contributed by atoms with Crippen molar-refractivity contribution in [1.82, 2.24) is 9.88 Å². The summed E-state index contributed by atoms with van der Waals surface area (Å²) in [7, 11) is 1.98. The molecule has 0 atom stereocenters. The molecule has 3 heteroatoms. The van der Waals surface area contributed by atoms with Crippen molar-refractivity contribution < 1.29 is 4.74 Å². The number of benzene rings is 2. The highest BCUT2D eigenvalue weighted by molar-refractivity contribution is 5.81. The van der Waals surface area contributed by atoms with Gasteiger partial charge in [-0.15, -0.1) is 0 Å². The Labute approximate surface area is 136 Å². The number of aromatic nitrogens is 1. The van der Waals surface area contributed by atoms with E-state index in [1.807, 2.05) is 43.1 Å². The van der Waals surface area contributed by atoms with Crippen molar-refractivity contribution in [3.8, 4) is 17.7 Å². The van der Waals surface area contributed by atoms with E-state index in [0.717, 1.165) is 28.9 Å². The van der Waals surface area contributed by atoms with E-state index in [4.69, 9.17) is 4.74 Å². The van der Waals surface area contributed by atoms with Crippen LogP contribution in [0, 0.1) is 12.0 Å². The van der Waals surface area contributed by atoms with Crippen LogP contribution in [0.2, 0.25) is 0 Å². The second-order valence-electron chi connectivity index (χ2n) is 5.54. The highest BCUT2D eigenvalue weighted by atomic mass is 16.5. The van der Waals surface area contributed by atoms with Gasteiger partial charge in [0.15, 0.2) is 0 Å². The first-order valence-corrected chi connectivity index (χ1v) is 7.66. The van der Waals surface area contributed by atoms with E-state index in [0.29, 0.717) is 6.61 Å². The highest BCUT2D eigenvalue weighted by Crippen LogP contribution is 2.23. The second kappa shape index (κ2) is 6.93. The number of nitrogens with zero attached hydrogens (tertiary/aromatic N) is 1. The molecule has 3 aromatic rings. The van der Waals surface area contributed by atoms with Gasteiger partial charge in [-0.2, -0.15) is 0 Å². The third kappa shape index (κ3) is 3.87. The van der Waals surface area contributed by atoms with Gasteiger partial charge in [0.25, 0.3) is 0 Å². The van der Waals surface area contributed by atoms with Gasteiger partial charge in [0, 0.05) is 29.7 Å². The molecular weight excluding hydrogens is 284 g/mol. The Morgan fingerprint density at radius 2 is 1.91 bits per heavy atom. The zero-order chi connectivity index (χ0) is 16.1. The van der Waals surface area contributed by atoms with Gasteiger partial charge in [-0.1, -0.05) is 36.3 Å². The highest BCUT2D eigenvalue weighted by Gasteiger charge is 2.04. The van der Waals surface area contributed by atoms with E-state index < -0.39 is 0 Å². The molecular formula is C20H20N2O. The number of H-pyrrole nitrogens is 1. The quantitative estimate of drug-likeness (QED) is 0.566. The molecule has 116 valence electrons. The van der Waals surface area contributed by atoms with E-state index in [9.17, 15) is 0 Å². The van der Waals surface area contributed by atoms with Crippen LogP contribution < -0.4 is 4.74 Å². The monoisotopic (exact) mass is 304 g/mol. The zero-order valence-electron chi connectivity index (χ0n) is 13.5. The SMILES string of the molecule is CC#CN(C)Cc1cc2cc(OCc3ccccc3)ccc2[nH]1. The Balaban J connectivity index is 1.72. The maximum atomic E-state index is 5.88. The number of rotatable bonds is 5. The van der Waals surface area contributed by atoms with E-state index in [1.165, 1.54) is 5.56 Å². The van der Waals surface area contributed by atoms with Crippen molar-refractivity contribution in [2.24, 2.45) is 0 Å². The Morgan fingerprint density at radius 3 is 2.70 bits per heavy atom. The van der Waals surface area contributed by atoms with Crippen LogP contribution >= 0.6 is 0 Å². The molecule has 0 amide bonds. The Kier molecular flexibility index (Phi) is 4.54. The maximum Gasteiger partial charge on any atom is 0.120 e.